The number of likely N-dealkylation sites (N-methyl/N-ethyl adjacent to an activating group) is 1. The summed E-state index contributed by atoms with van der Waals surface area (Å²) in [6, 6.07) is -0.103. The Morgan fingerprint density at radius 2 is 1.81 bits per heavy atom. The fourth-order valence-electron chi connectivity index (χ4n) is 3.58. The highest BCUT2D eigenvalue weighted by Crippen LogP contribution is 2.35. The second-order valence-electron chi connectivity index (χ2n) is 6.28. The largest absolute Gasteiger partial charge is 0.392 e. The van der Waals surface area contributed by atoms with Gasteiger partial charge in [-0.1, -0.05) is 51.7 Å². The molecule has 1 aliphatic carbocycles. The third-order valence-electron chi connectivity index (χ3n) is 4.75. The first-order valence-corrected chi connectivity index (χ1v) is 8.56. The molecule has 122 valence electrons. The van der Waals surface area contributed by atoms with Crippen molar-refractivity contribution in [3.63, 3.8) is 0 Å². The Morgan fingerprint density at radius 1 is 1.29 bits per heavy atom. The van der Waals surface area contributed by atoms with Crippen LogP contribution < -0.4 is 5.73 Å². The molecule has 0 aromatic heterocycles. The van der Waals surface area contributed by atoms with Gasteiger partial charge in [-0.15, -0.1) is 0 Å². The van der Waals surface area contributed by atoms with Crippen molar-refractivity contribution in [3.8, 4) is 0 Å². The van der Waals surface area contributed by atoms with Crippen LogP contribution in [0.5, 0.6) is 0 Å². The van der Waals surface area contributed by atoms with Gasteiger partial charge in [-0.25, -0.2) is 0 Å². The van der Waals surface area contributed by atoms with Crippen LogP contribution in [-0.2, 0) is 4.79 Å². The third kappa shape index (κ3) is 3.95. The summed E-state index contributed by atoms with van der Waals surface area (Å²) in [5, 5.41) is 10.2. The molecule has 1 fully saturated rings. The van der Waals surface area contributed by atoms with E-state index in [2.05, 4.69) is 0 Å². The molecule has 1 amide bonds. The Labute approximate surface area is 134 Å². The molecule has 5 heteroatoms. The number of carbonyl (C=O) groups excluding carboxylic acids is 1. The normalized spacial score (nSPS) is 22.9. The lowest BCUT2D eigenvalue weighted by Crippen LogP contribution is -2.55. The topological polar surface area (TPSA) is 66.6 Å². The Kier molecular flexibility index (Phi) is 7.07. The van der Waals surface area contributed by atoms with Crippen molar-refractivity contribution in [2.45, 2.75) is 77.4 Å². The van der Waals surface area contributed by atoms with Gasteiger partial charge in [0.15, 0.2) is 0 Å². The van der Waals surface area contributed by atoms with Gasteiger partial charge in [0.1, 0.15) is 0 Å². The minimum absolute atomic E-state index is 0.00958. The number of amides is 1. The zero-order valence-electron chi connectivity index (χ0n) is 13.6. The van der Waals surface area contributed by atoms with E-state index in [9.17, 15) is 9.90 Å². The zero-order valence-corrected chi connectivity index (χ0v) is 14.4. The summed E-state index contributed by atoms with van der Waals surface area (Å²) in [5.74, 6) is -0.00958. The van der Waals surface area contributed by atoms with E-state index in [0.29, 0.717) is 17.8 Å². The van der Waals surface area contributed by atoms with Gasteiger partial charge in [-0.3, -0.25) is 4.79 Å². The molecule has 1 saturated carbocycles. The Bertz CT molecular complexity index is 367. The Hall–Kier alpha value is -0.680. The maximum Gasteiger partial charge on any atom is 0.235 e. The summed E-state index contributed by atoms with van der Waals surface area (Å²) >= 11 is 5.25. The molecular formula is C16H30N2O2S. The molecule has 0 heterocycles. The summed E-state index contributed by atoms with van der Waals surface area (Å²) in [6.07, 6.45) is 6.38. The fourth-order valence-corrected chi connectivity index (χ4v) is 3.87. The molecule has 1 rings (SSSR count). The Morgan fingerprint density at radius 3 is 2.24 bits per heavy atom. The number of hydrogen-bond donors (Lipinski definition) is 2. The predicted molar refractivity (Wildman–Crippen MR) is 90.1 cm³/mol. The highest BCUT2D eigenvalue weighted by atomic mass is 32.1. The van der Waals surface area contributed by atoms with Crippen LogP contribution in [0.25, 0.3) is 0 Å². The molecule has 1 aliphatic rings. The molecule has 4 nitrogen and oxygen atoms in total. The van der Waals surface area contributed by atoms with Gasteiger partial charge < -0.3 is 15.7 Å². The molecule has 0 bridgehead atoms. The van der Waals surface area contributed by atoms with E-state index in [1.165, 1.54) is 0 Å². The molecule has 0 aromatic rings. The predicted octanol–water partition coefficient (Wildman–Crippen LogP) is 2.62. The van der Waals surface area contributed by atoms with Crippen molar-refractivity contribution in [1.29, 1.82) is 0 Å². The molecule has 2 atom stereocenters. The van der Waals surface area contributed by atoms with Crippen molar-refractivity contribution >= 4 is 23.1 Å². The van der Waals surface area contributed by atoms with Crippen LogP contribution in [0.2, 0.25) is 0 Å². The third-order valence-corrected chi connectivity index (χ3v) is 5.14. The number of aliphatic hydroxyl groups excluding tert-OH is 1. The van der Waals surface area contributed by atoms with Gasteiger partial charge in [0.2, 0.25) is 5.91 Å². The van der Waals surface area contributed by atoms with Crippen molar-refractivity contribution in [3.05, 3.63) is 0 Å². The van der Waals surface area contributed by atoms with Crippen LogP contribution >= 0.6 is 12.2 Å². The van der Waals surface area contributed by atoms with Crippen molar-refractivity contribution in [2.24, 2.45) is 11.1 Å². The van der Waals surface area contributed by atoms with Crippen molar-refractivity contribution in [1.82, 2.24) is 4.90 Å². The van der Waals surface area contributed by atoms with Crippen LogP contribution in [0.15, 0.2) is 0 Å². The molecule has 0 saturated heterocycles. The van der Waals surface area contributed by atoms with Gasteiger partial charge in [-0.2, -0.15) is 0 Å². The molecule has 21 heavy (non-hydrogen) atoms. The monoisotopic (exact) mass is 314 g/mol. The summed E-state index contributed by atoms with van der Waals surface area (Å²) < 4.78 is 0. The van der Waals surface area contributed by atoms with Crippen LogP contribution in [-0.4, -0.2) is 40.1 Å². The van der Waals surface area contributed by atoms with E-state index in [0.717, 1.165) is 38.5 Å². The summed E-state index contributed by atoms with van der Waals surface area (Å²) in [5.41, 5.74) is 5.22. The lowest BCUT2D eigenvalue weighted by atomic mass is 9.77. The minimum atomic E-state index is -0.745. The number of hydrogen-bond acceptors (Lipinski definition) is 3. The van der Waals surface area contributed by atoms with Gasteiger partial charge in [-0.05, 0) is 25.7 Å². The molecule has 0 radical (unpaired) electrons. The minimum Gasteiger partial charge on any atom is -0.392 e. The van der Waals surface area contributed by atoms with E-state index in [-0.39, 0.29) is 11.9 Å². The van der Waals surface area contributed by atoms with E-state index in [1.54, 1.807) is 11.9 Å². The first-order valence-electron chi connectivity index (χ1n) is 8.16. The average molecular weight is 314 g/mol. The van der Waals surface area contributed by atoms with Gasteiger partial charge in [0.05, 0.1) is 22.5 Å². The summed E-state index contributed by atoms with van der Waals surface area (Å²) in [4.78, 5) is 15.1. The number of thiocarbonyl (C=S) groups is 1. The maximum atomic E-state index is 13.1. The lowest BCUT2D eigenvalue weighted by molar-refractivity contribution is -0.143. The fraction of sp³-hybridized carbons (Fsp3) is 0.875. The molecule has 2 unspecified atom stereocenters. The highest BCUT2D eigenvalue weighted by Gasteiger charge is 2.44. The van der Waals surface area contributed by atoms with E-state index in [4.69, 9.17) is 18.0 Å². The second-order valence-corrected chi connectivity index (χ2v) is 6.72. The lowest BCUT2D eigenvalue weighted by Gasteiger charge is -2.41. The summed E-state index contributed by atoms with van der Waals surface area (Å²) in [6.45, 7) is 4.09. The van der Waals surface area contributed by atoms with Crippen LogP contribution in [0, 0.1) is 5.41 Å². The number of nitrogens with zero attached hydrogens (tertiary/aromatic N) is 1. The van der Waals surface area contributed by atoms with E-state index in [1.807, 2.05) is 13.8 Å². The SMILES string of the molecule is CCCC(CCC)(C(=O)N(C)C1CCCCC1O)C(N)=S. The number of carbonyl (C=O) groups is 1. The Balaban J connectivity index is 3.00. The summed E-state index contributed by atoms with van der Waals surface area (Å²) in [7, 11) is 1.79. The molecule has 0 spiro atoms. The second kappa shape index (κ2) is 8.08. The first kappa shape index (κ1) is 18.4. The van der Waals surface area contributed by atoms with Crippen molar-refractivity contribution in [2.75, 3.05) is 7.05 Å². The van der Waals surface area contributed by atoms with Crippen LogP contribution in [0.1, 0.15) is 65.2 Å². The maximum absolute atomic E-state index is 13.1. The van der Waals surface area contributed by atoms with Gasteiger partial charge in [0, 0.05) is 7.05 Å². The molecular weight excluding hydrogens is 284 g/mol. The number of nitrogens with two attached hydrogens (primary N) is 1. The standard InChI is InChI=1S/C16H30N2O2S/c1-4-10-16(11-5-2,14(17)21)15(20)18(3)12-8-6-7-9-13(12)19/h12-13,19H,4-11H2,1-3H3,(H2,17,21). The van der Waals surface area contributed by atoms with Crippen LogP contribution in [0.4, 0.5) is 0 Å². The van der Waals surface area contributed by atoms with E-state index >= 15 is 0 Å². The molecule has 0 aromatic carbocycles. The highest BCUT2D eigenvalue weighted by molar-refractivity contribution is 7.80. The zero-order chi connectivity index (χ0) is 16.0. The van der Waals surface area contributed by atoms with Crippen LogP contribution in [0.3, 0.4) is 0 Å². The quantitative estimate of drug-likeness (QED) is 0.709. The number of rotatable bonds is 7. The first-order chi connectivity index (χ1) is 9.90. The smallest absolute Gasteiger partial charge is 0.235 e. The van der Waals surface area contributed by atoms with Gasteiger partial charge in [0.25, 0.3) is 0 Å². The van der Waals surface area contributed by atoms with Gasteiger partial charge >= 0.3 is 0 Å². The molecule has 0 aliphatic heterocycles. The van der Waals surface area contributed by atoms with E-state index < -0.39 is 11.5 Å². The number of aliphatic hydroxyl groups is 1. The molecule has 3 N–H and O–H groups in total. The van der Waals surface area contributed by atoms with Crippen molar-refractivity contribution < 1.29 is 9.90 Å². The average Bonchev–Trinajstić information content (AvgIpc) is 2.45.